The topological polar surface area (TPSA) is 83.1 Å². The van der Waals surface area contributed by atoms with Crippen molar-refractivity contribution in [3.05, 3.63) is 24.0 Å². The van der Waals surface area contributed by atoms with E-state index >= 15 is 0 Å². The lowest BCUT2D eigenvalue weighted by Gasteiger charge is -2.19. The molecule has 2 amide bonds. The lowest BCUT2D eigenvalue weighted by atomic mass is 10.2. The number of carbonyl (C=O) groups excluding carboxylic acids is 2. The van der Waals surface area contributed by atoms with E-state index in [0.717, 1.165) is 0 Å². The van der Waals surface area contributed by atoms with Crippen molar-refractivity contribution in [2.45, 2.75) is 6.10 Å². The van der Waals surface area contributed by atoms with Crippen LogP contribution in [0.4, 0.5) is 20.6 Å². The van der Waals surface area contributed by atoms with E-state index in [1.807, 2.05) is 0 Å². The summed E-state index contributed by atoms with van der Waals surface area (Å²) < 4.78 is 24.4. The van der Waals surface area contributed by atoms with Crippen molar-refractivity contribution < 1.29 is 23.5 Å². The molecule has 25 heavy (non-hydrogen) atoms. The molecule has 2 heterocycles. The Hall–Kier alpha value is -2.62. The first-order valence-electron chi connectivity index (χ1n) is 7.59. The number of nitrogens with one attached hydrogen (secondary N) is 2. The quantitative estimate of drug-likeness (QED) is 0.752. The number of methoxy groups -OCH3 is 1. The summed E-state index contributed by atoms with van der Waals surface area (Å²) >= 11 is 4.86. The van der Waals surface area contributed by atoms with Gasteiger partial charge in [0, 0.05) is 0 Å². The standard InChI is InChI=1S/C15H17FN4O4S/c1-23-14(25)17-5-10-6-20(15(22)24-10)9-2-3-12(11(16)4-9)19-7-13(21)18-8-19/h2-4,10H,5-8H2,1H3,(H,17,25)(H,18,21)/t10-/m0/s1. The van der Waals surface area contributed by atoms with Gasteiger partial charge in [0.05, 0.1) is 44.8 Å². The molecule has 2 N–H and O–H groups in total. The van der Waals surface area contributed by atoms with E-state index in [-0.39, 0.29) is 30.8 Å². The Balaban J connectivity index is 1.67. The van der Waals surface area contributed by atoms with Crippen molar-refractivity contribution in [1.29, 1.82) is 0 Å². The van der Waals surface area contributed by atoms with Crippen LogP contribution in [-0.2, 0) is 14.3 Å². The fourth-order valence-electron chi connectivity index (χ4n) is 2.67. The molecule has 2 saturated heterocycles. The van der Waals surface area contributed by atoms with Gasteiger partial charge in [-0.2, -0.15) is 0 Å². The number of ether oxygens (including phenoxy) is 2. The normalized spacial score (nSPS) is 19.7. The molecule has 134 valence electrons. The Morgan fingerprint density at radius 1 is 1.52 bits per heavy atom. The summed E-state index contributed by atoms with van der Waals surface area (Å²) in [6.45, 7) is 0.931. The van der Waals surface area contributed by atoms with Crippen molar-refractivity contribution in [2.75, 3.05) is 43.2 Å². The average molecular weight is 368 g/mol. The van der Waals surface area contributed by atoms with E-state index in [0.29, 0.717) is 17.9 Å². The van der Waals surface area contributed by atoms with Gasteiger partial charge >= 0.3 is 6.09 Å². The molecule has 0 radical (unpaired) electrons. The third kappa shape index (κ3) is 3.73. The number of cyclic esters (lactones) is 1. The average Bonchev–Trinajstić information content (AvgIpc) is 3.18. The summed E-state index contributed by atoms with van der Waals surface area (Å²) in [5.41, 5.74) is 0.694. The fraction of sp³-hybridized carbons (Fsp3) is 0.400. The molecule has 0 aromatic heterocycles. The number of nitrogens with zero attached hydrogens (tertiary/aromatic N) is 2. The van der Waals surface area contributed by atoms with E-state index in [1.165, 1.54) is 18.1 Å². The maximum atomic E-state index is 14.4. The number of carbonyl (C=O) groups is 2. The van der Waals surface area contributed by atoms with Crippen molar-refractivity contribution in [3.8, 4) is 0 Å². The first kappa shape index (κ1) is 17.2. The monoisotopic (exact) mass is 368 g/mol. The number of benzene rings is 1. The van der Waals surface area contributed by atoms with Crippen LogP contribution in [0.15, 0.2) is 18.2 Å². The van der Waals surface area contributed by atoms with Crippen LogP contribution < -0.4 is 20.4 Å². The summed E-state index contributed by atoms with van der Waals surface area (Å²) in [4.78, 5) is 26.2. The third-order valence-corrected chi connectivity index (χ3v) is 4.23. The zero-order valence-corrected chi connectivity index (χ0v) is 14.3. The second-order valence-corrected chi connectivity index (χ2v) is 5.95. The Kier molecular flexibility index (Phi) is 4.88. The van der Waals surface area contributed by atoms with E-state index < -0.39 is 18.0 Å². The zero-order chi connectivity index (χ0) is 18.0. The molecule has 1 aromatic carbocycles. The second-order valence-electron chi connectivity index (χ2n) is 5.58. The Labute approximate surface area is 148 Å². The molecule has 1 atom stereocenters. The smallest absolute Gasteiger partial charge is 0.414 e. The molecule has 3 rings (SSSR count). The highest BCUT2D eigenvalue weighted by molar-refractivity contribution is 7.80. The Bertz CT molecular complexity index is 717. The maximum absolute atomic E-state index is 14.4. The number of hydrogen-bond acceptors (Lipinski definition) is 6. The first-order chi connectivity index (χ1) is 12.0. The summed E-state index contributed by atoms with van der Waals surface area (Å²) in [7, 11) is 1.44. The van der Waals surface area contributed by atoms with Crippen molar-refractivity contribution >= 4 is 40.8 Å². The summed E-state index contributed by atoms with van der Waals surface area (Å²) in [6, 6.07) is 4.43. The van der Waals surface area contributed by atoms with Gasteiger partial charge in [-0.25, -0.2) is 9.18 Å². The van der Waals surface area contributed by atoms with E-state index in [1.54, 1.807) is 17.0 Å². The molecule has 0 unspecified atom stereocenters. The molecule has 1 aromatic rings. The van der Waals surface area contributed by atoms with Gasteiger partial charge in [-0.3, -0.25) is 9.69 Å². The van der Waals surface area contributed by atoms with Crippen LogP contribution in [0.5, 0.6) is 0 Å². The van der Waals surface area contributed by atoms with E-state index in [4.69, 9.17) is 21.7 Å². The number of anilines is 2. The molecule has 10 heteroatoms. The van der Waals surface area contributed by atoms with Crippen molar-refractivity contribution in [3.63, 3.8) is 0 Å². The number of hydrogen-bond donors (Lipinski definition) is 2. The van der Waals surface area contributed by atoms with Crippen molar-refractivity contribution in [1.82, 2.24) is 10.6 Å². The highest BCUT2D eigenvalue weighted by Gasteiger charge is 2.33. The number of thiocarbonyl (C=S) groups is 1. The molecule has 2 fully saturated rings. The first-order valence-corrected chi connectivity index (χ1v) is 8.00. The lowest BCUT2D eigenvalue weighted by molar-refractivity contribution is -0.118. The van der Waals surface area contributed by atoms with E-state index in [2.05, 4.69) is 10.6 Å². The van der Waals surface area contributed by atoms with E-state index in [9.17, 15) is 14.0 Å². The molecular weight excluding hydrogens is 351 g/mol. The summed E-state index contributed by atoms with van der Waals surface area (Å²) in [6.07, 6.45) is -0.982. The Morgan fingerprint density at radius 2 is 2.32 bits per heavy atom. The minimum absolute atomic E-state index is 0.106. The second kappa shape index (κ2) is 7.09. The van der Waals surface area contributed by atoms with Gasteiger partial charge in [-0.1, -0.05) is 0 Å². The van der Waals surface area contributed by atoms with Gasteiger partial charge in [-0.05, 0) is 30.4 Å². The molecule has 0 saturated carbocycles. The molecule has 0 aliphatic carbocycles. The largest absolute Gasteiger partial charge is 0.474 e. The molecule has 0 bridgehead atoms. The van der Waals surface area contributed by atoms with Gasteiger partial charge < -0.3 is 25.0 Å². The van der Waals surface area contributed by atoms with Crippen LogP contribution in [0.2, 0.25) is 0 Å². The van der Waals surface area contributed by atoms with Gasteiger partial charge in [0.2, 0.25) is 5.91 Å². The zero-order valence-electron chi connectivity index (χ0n) is 13.5. The molecule has 2 aliphatic heterocycles. The van der Waals surface area contributed by atoms with Crippen LogP contribution in [-0.4, -0.2) is 56.7 Å². The predicted molar refractivity (Wildman–Crippen MR) is 92.0 cm³/mol. The molecule has 0 spiro atoms. The van der Waals surface area contributed by atoms with Crippen LogP contribution in [0.1, 0.15) is 0 Å². The fourth-order valence-corrected chi connectivity index (χ4v) is 2.75. The Morgan fingerprint density at radius 3 is 2.96 bits per heavy atom. The predicted octanol–water partition coefficient (Wildman–Crippen LogP) is 0.565. The highest BCUT2D eigenvalue weighted by Crippen LogP contribution is 2.28. The van der Waals surface area contributed by atoms with Gasteiger partial charge in [0.15, 0.2) is 0 Å². The minimum Gasteiger partial charge on any atom is -0.474 e. The third-order valence-electron chi connectivity index (χ3n) is 3.92. The molecule has 2 aliphatic rings. The highest BCUT2D eigenvalue weighted by atomic mass is 32.1. The van der Waals surface area contributed by atoms with Crippen LogP contribution in [0.3, 0.4) is 0 Å². The molecule has 8 nitrogen and oxygen atoms in total. The van der Waals surface area contributed by atoms with Gasteiger partial charge in [-0.15, -0.1) is 0 Å². The van der Waals surface area contributed by atoms with Crippen molar-refractivity contribution in [2.24, 2.45) is 0 Å². The number of rotatable bonds is 4. The van der Waals surface area contributed by atoms with Crippen LogP contribution in [0, 0.1) is 5.82 Å². The van der Waals surface area contributed by atoms with Crippen LogP contribution >= 0.6 is 12.2 Å². The number of amides is 2. The minimum atomic E-state index is -0.555. The van der Waals surface area contributed by atoms with Gasteiger partial charge in [0.1, 0.15) is 11.9 Å². The molecular formula is C15H17FN4O4S. The van der Waals surface area contributed by atoms with Crippen LogP contribution in [0.25, 0.3) is 0 Å². The summed E-state index contributed by atoms with van der Waals surface area (Å²) in [5, 5.41) is 5.64. The van der Waals surface area contributed by atoms with Gasteiger partial charge in [0.25, 0.3) is 5.17 Å². The summed E-state index contributed by atoms with van der Waals surface area (Å²) in [5.74, 6) is -0.667. The lowest BCUT2D eigenvalue weighted by Crippen LogP contribution is -2.34. The SMILES string of the molecule is COC(=S)NC[C@H]1CN(c2ccc(N3CNC(=O)C3)c(F)c2)C(=O)O1. The number of halogens is 1. The maximum Gasteiger partial charge on any atom is 0.414 e.